The number of hydrogen-bond donors (Lipinski definition) is 1. The van der Waals surface area contributed by atoms with Crippen molar-refractivity contribution in [2.75, 3.05) is 33.8 Å². The van der Waals surface area contributed by atoms with Crippen LogP contribution in [0.5, 0.6) is 5.88 Å². The highest BCUT2D eigenvalue weighted by atomic mass is 31.2. The van der Waals surface area contributed by atoms with Crippen molar-refractivity contribution in [2.24, 2.45) is 0 Å². The lowest BCUT2D eigenvalue weighted by Gasteiger charge is -2.29. The van der Waals surface area contributed by atoms with E-state index in [1.807, 2.05) is 13.8 Å². The standard InChI is InChI=1S/C23H39N2O10P/c1-8-12-17(13-9-2)19-18(14-23(21(27)30-6,22(28)31-7)24-16(5)26)20(25-35-19)32-15-36(29,33-10-3)34-11-4/h17H,8-15H2,1-7H3,(H,24,26). The van der Waals surface area contributed by atoms with Crippen LogP contribution in [0.3, 0.4) is 0 Å². The summed E-state index contributed by atoms with van der Waals surface area (Å²) in [4.78, 5) is 37.9. The maximum atomic E-state index is 13.0. The molecule has 206 valence electrons. The second kappa shape index (κ2) is 15.0. The van der Waals surface area contributed by atoms with E-state index in [1.165, 1.54) is 0 Å². The van der Waals surface area contributed by atoms with Gasteiger partial charge in [-0.1, -0.05) is 26.7 Å². The Kier molecular flexibility index (Phi) is 13.1. The van der Waals surface area contributed by atoms with E-state index < -0.39 is 43.7 Å². The zero-order valence-corrected chi connectivity index (χ0v) is 23.1. The van der Waals surface area contributed by atoms with Gasteiger partial charge in [0.25, 0.3) is 5.88 Å². The van der Waals surface area contributed by atoms with E-state index in [-0.39, 0.29) is 30.6 Å². The second-order valence-corrected chi connectivity index (χ2v) is 10.1. The normalized spacial score (nSPS) is 11.9. The number of nitrogens with one attached hydrogen (secondary N) is 1. The van der Waals surface area contributed by atoms with Crippen LogP contribution in [-0.4, -0.2) is 62.3 Å². The summed E-state index contributed by atoms with van der Waals surface area (Å²) < 4.78 is 44.6. The Labute approximate surface area is 212 Å². The van der Waals surface area contributed by atoms with Gasteiger partial charge in [0.05, 0.1) is 33.0 Å². The molecule has 0 aliphatic heterocycles. The minimum atomic E-state index is -3.62. The minimum Gasteiger partial charge on any atom is -0.467 e. The molecule has 36 heavy (non-hydrogen) atoms. The van der Waals surface area contributed by atoms with Gasteiger partial charge in [-0.15, -0.1) is 0 Å². The lowest BCUT2D eigenvalue weighted by molar-refractivity contribution is -0.165. The largest absolute Gasteiger partial charge is 0.467 e. The zero-order valence-electron chi connectivity index (χ0n) is 22.2. The van der Waals surface area contributed by atoms with Crippen LogP contribution in [0.1, 0.15) is 77.5 Å². The van der Waals surface area contributed by atoms with Crippen LogP contribution in [0.4, 0.5) is 0 Å². The summed E-state index contributed by atoms with van der Waals surface area (Å²) in [5.74, 6) is -2.58. The predicted octanol–water partition coefficient (Wildman–Crippen LogP) is 3.72. The van der Waals surface area contributed by atoms with Gasteiger partial charge in [-0.05, 0) is 31.8 Å². The molecule has 0 atom stereocenters. The summed E-state index contributed by atoms with van der Waals surface area (Å²) in [5, 5.41) is 6.40. The van der Waals surface area contributed by atoms with Gasteiger partial charge in [-0.25, -0.2) is 9.59 Å². The molecule has 1 aromatic rings. The Morgan fingerprint density at radius 1 is 1.00 bits per heavy atom. The molecule has 1 rings (SSSR count). The molecular weight excluding hydrogens is 495 g/mol. The molecule has 1 aromatic heterocycles. The number of methoxy groups -OCH3 is 2. The Morgan fingerprint density at radius 2 is 1.53 bits per heavy atom. The molecule has 0 radical (unpaired) electrons. The first-order valence-electron chi connectivity index (χ1n) is 12.0. The Balaban J connectivity index is 3.67. The molecule has 12 nitrogen and oxygen atoms in total. The van der Waals surface area contributed by atoms with Gasteiger partial charge in [0, 0.05) is 19.3 Å². The van der Waals surface area contributed by atoms with Crippen molar-refractivity contribution in [2.45, 2.75) is 78.2 Å². The van der Waals surface area contributed by atoms with E-state index in [0.29, 0.717) is 5.76 Å². The van der Waals surface area contributed by atoms with Crippen molar-refractivity contribution < 1.29 is 46.7 Å². The number of carbonyl (C=O) groups is 3. The molecule has 1 amide bonds. The van der Waals surface area contributed by atoms with Gasteiger partial charge < -0.3 is 33.1 Å². The topological polar surface area (TPSA) is 152 Å². The maximum absolute atomic E-state index is 13.0. The summed E-state index contributed by atoms with van der Waals surface area (Å²) >= 11 is 0. The fourth-order valence-corrected chi connectivity index (χ4v) is 5.23. The number of aromatic nitrogens is 1. The lowest BCUT2D eigenvalue weighted by Crippen LogP contribution is -2.62. The van der Waals surface area contributed by atoms with Gasteiger partial charge >= 0.3 is 19.5 Å². The second-order valence-electron chi connectivity index (χ2n) is 8.07. The first-order valence-corrected chi connectivity index (χ1v) is 13.8. The van der Waals surface area contributed by atoms with Crippen molar-refractivity contribution in [3.63, 3.8) is 0 Å². The Bertz CT molecular complexity index is 885. The molecule has 0 saturated heterocycles. The van der Waals surface area contributed by atoms with Crippen molar-refractivity contribution in [1.82, 2.24) is 10.5 Å². The van der Waals surface area contributed by atoms with Gasteiger partial charge in [-0.3, -0.25) is 9.36 Å². The minimum absolute atomic E-state index is 0.107. The molecule has 0 fully saturated rings. The third-order valence-electron chi connectivity index (χ3n) is 5.34. The third-order valence-corrected chi connectivity index (χ3v) is 7.09. The zero-order chi connectivity index (χ0) is 27.4. The summed E-state index contributed by atoms with van der Waals surface area (Å²) in [5.41, 5.74) is -1.99. The van der Waals surface area contributed by atoms with Crippen molar-refractivity contribution in [3.8, 4) is 5.88 Å². The highest BCUT2D eigenvalue weighted by Gasteiger charge is 2.51. The van der Waals surface area contributed by atoms with Crippen molar-refractivity contribution in [1.29, 1.82) is 0 Å². The number of amides is 1. The molecule has 0 bridgehead atoms. The van der Waals surface area contributed by atoms with Gasteiger partial charge in [-0.2, -0.15) is 0 Å². The monoisotopic (exact) mass is 534 g/mol. The molecule has 0 unspecified atom stereocenters. The average molecular weight is 535 g/mol. The maximum Gasteiger partial charge on any atom is 0.367 e. The smallest absolute Gasteiger partial charge is 0.367 e. The van der Waals surface area contributed by atoms with Crippen LogP contribution in [0.25, 0.3) is 0 Å². The quantitative estimate of drug-likeness (QED) is 0.177. The van der Waals surface area contributed by atoms with Crippen LogP contribution in [0.15, 0.2) is 4.52 Å². The van der Waals surface area contributed by atoms with Crippen molar-refractivity contribution >= 4 is 25.4 Å². The highest BCUT2D eigenvalue weighted by Crippen LogP contribution is 2.48. The summed E-state index contributed by atoms with van der Waals surface area (Å²) in [7, 11) is -1.45. The molecule has 0 aromatic carbocycles. The van der Waals surface area contributed by atoms with Gasteiger partial charge in [0.1, 0.15) is 5.76 Å². The van der Waals surface area contributed by atoms with Crippen LogP contribution in [0, 0.1) is 0 Å². The van der Waals surface area contributed by atoms with E-state index >= 15 is 0 Å². The number of rotatable bonds is 17. The molecule has 1 N–H and O–H groups in total. The molecule has 13 heteroatoms. The summed E-state index contributed by atoms with van der Waals surface area (Å²) in [6.45, 7) is 8.78. The third kappa shape index (κ3) is 8.04. The number of ether oxygens (including phenoxy) is 3. The van der Waals surface area contributed by atoms with Gasteiger partial charge in [0.2, 0.25) is 11.4 Å². The number of nitrogens with zero attached hydrogens (tertiary/aromatic N) is 1. The molecule has 0 aliphatic rings. The molecule has 0 aliphatic carbocycles. The van der Waals surface area contributed by atoms with Crippen molar-refractivity contribution in [3.05, 3.63) is 11.3 Å². The fourth-order valence-electron chi connectivity index (χ4n) is 3.94. The van der Waals surface area contributed by atoms with Gasteiger partial charge in [0.15, 0.2) is 6.35 Å². The number of hydrogen-bond acceptors (Lipinski definition) is 11. The SMILES string of the molecule is CCCC(CCC)c1onc(OCP(=O)(OCC)OCC)c1CC(NC(C)=O)(C(=O)OC)C(=O)OC. The molecular formula is C23H39N2O10P. The Hall–Kier alpha value is -2.43. The van der Waals surface area contributed by atoms with E-state index in [4.69, 9.17) is 27.8 Å². The number of esters is 2. The van der Waals surface area contributed by atoms with E-state index in [9.17, 15) is 18.9 Å². The Morgan fingerprint density at radius 3 is 1.94 bits per heavy atom. The summed E-state index contributed by atoms with van der Waals surface area (Å²) in [6.07, 6.45) is 2.21. The van der Waals surface area contributed by atoms with Crippen LogP contribution in [-0.2, 0) is 43.9 Å². The van der Waals surface area contributed by atoms with Crippen LogP contribution >= 0.6 is 7.60 Å². The van der Waals surface area contributed by atoms with E-state index in [2.05, 4.69) is 10.5 Å². The first kappa shape index (κ1) is 31.6. The fraction of sp³-hybridized carbons (Fsp3) is 0.739. The molecule has 1 heterocycles. The number of carbonyl (C=O) groups excluding carboxylic acids is 3. The summed E-state index contributed by atoms with van der Waals surface area (Å²) in [6, 6.07) is 0. The average Bonchev–Trinajstić information content (AvgIpc) is 3.23. The predicted molar refractivity (Wildman–Crippen MR) is 130 cm³/mol. The van der Waals surface area contributed by atoms with E-state index in [1.54, 1.807) is 13.8 Å². The van der Waals surface area contributed by atoms with Crippen LogP contribution in [0.2, 0.25) is 0 Å². The molecule has 0 saturated carbocycles. The molecule has 0 spiro atoms. The highest BCUT2D eigenvalue weighted by molar-refractivity contribution is 7.53. The first-order chi connectivity index (χ1) is 17.1. The van der Waals surface area contributed by atoms with E-state index in [0.717, 1.165) is 46.8 Å². The lowest BCUT2D eigenvalue weighted by atomic mass is 9.86. The van der Waals surface area contributed by atoms with Crippen LogP contribution < -0.4 is 10.1 Å².